The lowest BCUT2D eigenvalue weighted by Crippen LogP contribution is -2.37. The number of benzene rings is 1. The fraction of sp³-hybridized carbons (Fsp3) is 0.160. The predicted octanol–water partition coefficient (Wildman–Crippen LogP) is 4.10. The summed E-state index contributed by atoms with van der Waals surface area (Å²) < 4.78 is 19.4. The lowest BCUT2D eigenvalue weighted by molar-refractivity contribution is 0.122. The number of anilines is 4. The van der Waals surface area contributed by atoms with Crippen LogP contribution >= 0.6 is 0 Å². The molecule has 1 fully saturated rings. The van der Waals surface area contributed by atoms with E-state index in [0.29, 0.717) is 32.0 Å². The molecule has 1 aromatic carbocycles. The second kappa shape index (κ2) is 10.7. The third-order valence-corrected chi connectivity index (χ3v) is 5.35. The van der Waals surface area contributed by atoms with Crippen molar-refractivity contribution in [2.75, 3.05) is 41.9 Å². The van der Waals surface area contributed by atoms with Crippen LogP contribution in [0, 0.1) is 5.82 Å². The maximum Gasteiger partial charge on any atom is 0.245 e. The fourth-order valence-corrected chi connectivity index (χ4v) is 3.57. The summed E-state index contributed by atoms with van der Waals surface area (Å²) in [5, 5.41) is 7.45. The van der Waals surface area contributed by atoms with Crippen LogP contribution in [0.3, 0.4) is 0 Å². The number of pyridine rings is 2. The summed E-state index contributed by atoms with van der Waals surface area (Å²) in [6, 6.07) is 15.8. The Morgan fingerprint density at radius 1 is 0.914 bits per heavy atom. The minimum absolute atomic E-state index is 0.206. The first-order valence-electron chi connectivity index (χ1n) is 11.1. The first-order valence-corrected chi connectivity index (χ1v) is 11.1. The van der Waals surface area contributed by atoms with Crippen LogP contribution in [0.25, 0.3) is 11.1 Å². The van der Waals surface area contributed by atoms with Crippen molar-refractivity contribution in [2.24, 2.45) is 5.10 Å². The molecule has 176 valence electrons. The third-order valence-electron chi connectivity index (χ3n) is 5.35. The molecule has 0 aliphatic carbocycles. The third kappa shape index (κ3) is 5.74. The van der Waals surface area contributed by atoms with E-state index in [9.17, 15) is 4.39 Å². The molecule has 4 aromatic rings. The number of halogens is 1. The van der Waals surface area contributed by atoms with Crippen molar-refractivity contribution in [3.63, 3.8) is 0 Å². The highest BCUT2D eigenvalue weighted by Gasteiger charge is 2.17. The van der Waals surface area contributed by atoms with Crippen LogP contribution in [-0.2, 0) is 4.74 Å². The SMILES string of the molecule is Fc1cnc(N/N=C/c2ccc(Nc3ccc(-c4cccnc4)cc3)cn2)nc1N1CCOCC1. The molecule has 1 aliphatic rings. The Labute approximate surface area is 201 Å². The Bertz CT molecular complexity index is 1280. The maximum atomic E-state index is 14.1. The van der Waals surface area contributed by atoms with Crippen molar-refractivity contribution >= 4 is 29.4 Å². The van der Waals surface area contributed by atoms with Gasteiger partial charge in [-0.25, -0.2) is 14.8 Å². The average molecular weight is 471 g/mol. The van der Waals surface area contributed by atoms with Gasteiger partial charge in [-0.05, 0) is 41.5 Å². The van der Waals surface area contributed by atoms with E-state index in [1.165, 1.54) is 0 Å². The van der Waals surface area contributed by atoms with Gasteiger partial charge in [-0.15, -0.1) is 0 Å². The number of hydrogen-bond donors (Lipinski definition) is 2. The monoisotopic (exact) mass is 470 g/mol. The summed E-state index contributed by atoms with van der Waals surface area (Å²) in [5.41, 5.74) is 7.35. The molecule has 0 amide bonds. The van der Waals surface area contributed by atoms with E-state index >= 15 is 0 Å². The van der Waals surface area contributed by atoms with E-state index in [2.05, 4.69) is 35.8 Å². The van der Waals surface area contributed by atoms with Gasteiger partial charge >= 0.3 is 0 Å². The van der Waals surface area contributed by atoms with Gasteiger partial charge in [-0.2, -0.15) is 10.1 Å². The van der Waals surface area contributed by atoms with Crippen LogP contribution in [0.2, 0.25) is 0 Å². The average Bonchev–Trinajstić information content (AvgIpc) is 2.92. The topological polar surface area (TPSA) is 100 Å². The summed E-state index contributed by atoms with van der Waals surface area (Å²) in [6.45, 7) is 2.24. The zero-order valence-corrected chi connectivity index (χ0v) is 18.8. The van der Waals surface area contributed by atoms with Gasteiger partial charge in [0.1, 0.15) is 0 Å². The second-order valence-electron chi connectivity index (χ2n) is 7.75. The molecule has 0 saturated carbocycles. The molecule has 2 N–H and O–H groups in total. The Morgan fingerprint density at radius 2 is 1.74 bits per heavy atom. The largest absolute Gasteiger partial charge is 0.378 e. The van der Waals surface area contributed by atoms with E-state index in [1.807, 2.05) is 59.6 Å². The standard InChI is InChI=1S/C25H23FN8O/c26-23-17-29-25(32-24(23)34-10-12-35-13-11-34)33-30-16-21-7-8-22(15-28-21)31-20-5-3-18(4-6-20)19-2-1-9-27-14-19/h1-9,14-17,31H,10-13H2,(H,29,32,33)/b30-16+. The van der Waals surface area contributed by atoms with Gasteiger partial charge < -0.3 is 15.0 Å². The summed E-state index contributed by atoms with van der Waals surface area (Å²) in [4.78, 5) is 18.6. The molecule has 0 unspecified atom stereocenters. The van der Waals surface area contributed by atoms with Crippen molar-refractivity contribution in [2.45, 2.75) is 0 Å². The summed E-state index contributed by atoms with van der Waals surface area (Å²) in [6.07, 6.45) is 8.01. The summed E-state index contributed by atoms with van der Waals surface area (Å²) in [7, 11) is 0. The summed E-state index contributed by atoms with van der Waals surface area (Å²) >= 11 is 0. The zero-order chi connectivity index (χ0) is 23.9. The number of nitrogens with zero attached hydrogens (tertiary/aromatic N) is 6. The molecule has 0 spiro atoms. The van der Waals surface area contributed by atoms with Gasteiger partial charge in [-0.3, -0.25) is 9.97 Å². The number of hydrazone groups is 1. The molecule has 5 rings (SSSR count). The Hall–Kier alpha value is -4.44. The predicted molar refractivity (Wildman–Crippen MR) is 133 cm³/mol. The lowest BCUT2D eigenvalue weighted by atomic mass is 10.1. The number of ether oxygens (including phenoxy) is 1. The van der Waals surface area contributed by atoms with Crippen LogP contribution in [0.1, 0.15) is 5.69 Å². The zero-order valence-electron chi connectivity index (χ0n) is 18.8. The van der Waals surface area contributed by atoms with Gasteiger partial charge in [0.25, 0.3) is 0 Å². The van der Waals surface area contributed by atoms with Gasteiger partial charge in [0.2, 0.25) is 5.95 Å². The molecular weight excluding hydrogens is 447 g/mol. The number of nitrogens with one attached hydrogen (secondary N) is 2. The molecule has 10 heteroatoms. The van der Waals surface area contributed by atoms with Gasteiger partial charge in [0, 0.05) is 31.2 Å². The number of rotatable bonds is 7. The van der Waals surface area contributed by atoms with Crippen molar-refractivity contribution in [3.05, 3.63) is 84.8 Å². The lowest BCUT2D eigenvalue weighted by Gasteiger charge is -2.27. The normalized spacial score (nSPS) is 13.7. The van der Waals surface area contributed by atoms with Crippen molar-refractivity contribution < 1.29 is 9.13 Å². The van der Waals surface area contributed by atoms with E-state index in [0.717, 1.165) is 28.7 Å². The molecular formula is C25H23FN8O. The van der Waals surface area contributed by atoms with Gasteiger partial charge in [0.15, 0.2) is 11.6 Å². The first-order chi connectivity index (χ1) is 17.2. The van der Waals surface area contributed by atoms with E-state index in [-0.39, 0.29) is 11.8 Å². The Kier molecular flexibility index (Phi) is 6.81. The minimum atomic E-state index is -0.474. The molecule has 35 heavy (non-hydrogen) atoms. The highest BCUT2D eigenvalue weighted by molar-refractivity contribution is 5.78. The van der Waals surface area contributed by atoms with Crippen LogP contribution in [0.15, 0.2) is 78.4 Å². The molecule has 0 bridgehead atoms. The molecule has 9 nitrogen and oxygen atoms in total. The Morgan fingerprint density at radius 3 is 2.49 bits per heavy atom. The molecule has 1 aliphatic heterocycles. The molecule has 3 aromatic heterocycles. The smallest absolute Gasteiger partial charge is 0.245 e. The van der Waals surface area contributed by atoms with E-state index in [4.69, 9.17) is 4.74 Å². The van der Waals surface area contributed by atoms with Gasteiger partial charge in [0.05, 0.1) is 43.2 Å². The number of morpholine rings is 1. The number of aromatic nitrogens is 4. The minimum Gasteiger partial charge on any atom is -0.378 e. The summed E-state index contributed by atoms with van der Waals surface area (Å²) in [5.74, 6) is -0.0296. The highest BCUT2D eigenvalue weighted by atomic mass is 19.1. The maximum absolute atomic E-state index is 14.1. The first kappa shape index (κ1) is 22.4. The highest BCUT2D eigenvalue weighted by Crippen LogP contribution is 2.22. The van der Waals surface area contributed by atoms with E-state index < -0.39 is 5.82 Å². The van der Waals surface area contributed by atoms with Crippen LogP contribution < -0.4 is 15.6 Å². The second-order valence-corrected chi connectivity index (χ2v) is 7.75. The molecule has 0 radical (unpaired) electrons. The van der Waals surface area contributed by atoms with Crippen LogP contribution in [0.4, 0.5) is 27.5 Å². The fourth-order valence-electron chi connectivity index (χ4n) is 3.57. The molecule has 1 saturated heterocycles. The van der Waals surface area contributed by atoms with E-state index in [1.54, 1.807) is 18.6 Å². The van der Waals surface area contributed by atoms with Crippen LogP contribution in [0.5, 0.6) is 0 Å². The quantitative estimate of drug-likeness (QED) is 0.308. The molecule has 4 heterocycles. The van der Waals surface area contributed by atoms with Crippen molar-refractivity contribution in [3.8, 4) is 11.1 Å². The Balaban J connectivity index is 1.18. The van der Waals surface area contributed by atoms with Crippen LogP contribution in [-0.4, -0.2) is 52.5 Å². The molecule has 0 atom stereocenters. The number of hydrogen-bond acceptors (Lipinski definition) is 9. The van der Waals surface area contributed by atoms with Crippen molar-refractivity contribution in [1.29, 1.82) is 0 Å². The van der Waals surface area contributed by atoms with Crippen molar-refractivity contribution in [1.82, 2.24) is 19.9 Å². The van der Waals surface area contributed by atoms with Gasteiger partial charge in [-0.1, -0.05) is 18.2 Å².